The molecule has 0 saturated carbocycles. The normalized spacial score (nSPS) is 11.6. The van der Waals surface area contributed by atoms with E-state index in [1.807, 2.05) is 52.8 Å². The van der Waals surface area contributed by atoms with E-state index in [2.05, 4.69) is 6.07 Å². The highest BCUT2D eigenvalue weighted by Gasteiger charge is 2.28. The minimum atomic E-state index is -4.49. The third-order valence-corrected chi connectivity index (χ3v) is 5.06. The van der Waals surface area contributed by atoms with Gasteiger partial charge in [0.2, 0.25) is 0 Å². The van der Waals surface area contributed by atoms with Crippen molar-refractivity contribution in [3.05, 3.63) is 57.6 Å². The van der Waals surface area contributed by atoms with E-state index in [1.165, 1.54) is 0 Å². The Morgan fingerprint density at radius 2 is 1.43 bits per heavy atom. The van der Waals surface area contributed by atoms with Gasteiger partial charge in [0.05, 0.1) is 11.4 Å². The van der Waals surface area contributed by atoms with Crippen LogP contribution >= 0.6 is 0 Å². The van der Waals surface area contributed by atoms with Gasteiger partial charge in [0.25, 0.3) is 0 Å². The number of aryl methyl sites for hydroxylation is 4. The summed E-state index contributed by atoms with van der Waals surface area (Å²) in [6, 6.07) is 8.77. The molecule has 123 valence electrons. The Balaban J connectivity index is 2.90. The molecule has 0 heterocycles. The summed E-state index contributed by atoms with van der Waals surface area (Å²) in [6.07, 6.45) is 0. The molecule has 0 aliphatic rings. The second kappa shape index (κ2) is 5.98. The predicted octanol–water partition coefficient (Wildman–Crippen LogP) is 4.28. The van der Waals surface area contributed by atoms with E-state index in [1.54, 1.807) is 6.92 Å². The molecule has 23 heavy (non-hydrogen) atoms. The van der Waals surface area contributed by atoms with E-state index < -0.39 is 10.3 Å². The maximum absolute atomic E-state index is 12.2. The maximum atomic E-state index is 12.2. The highest BCUT2D eigenvalue weighted by molar-refractivity contribution is 7.87. The molecule has 1 radical (unpaired) electrons. The fraction of sp³-hybridized carbons (Fsp3) is 0.333. The molecule has 0 aliphatic heterocycles. The first kappa shape index (κ1) is 17.5. The molecule has 2 aromatic carbocycles. The van der Waals surface area contributed by atoms with E-state index >= 15 is 0 Å². The van der Waals surface area contributed by atoms with Gasteiger partial charge in [0.1, 0.15) is 0 Å². The molecule has 0 amide bonds. The topological polar surface area (TPSA) is 57.6 Å². The zero-order chi connectivity index (χ0) is 17.5. The monoisotopic (exact) mass is 332 g/mol. The van der Waals surface area contributed by atoms with Crippen molar-refractivity contribution in [2.45, 2.75) is 41.5 Å². The van der Waals surface area contributed by atoms with Gasteiger partial charge in [0, 0.05) is 6.07 Å². The molecule has 2 rings (SSSR count). The molecule has 0 spiro atoms. The third-order valence-electron chi connectivity index (χ3n) is 4.24. The molecule has 0 aromatic heterocycles. The van der Waals surface area contributed by atoms with Crippen LogP contribution in [0.5, 0.6) is 0 Å². The lowest BCUT2D eigenvalue weighted by Crippen LogP contribution is -2.28. The quantitative estimate of drug-likeness (QED) is 0.854. The highest BCUT2D eigenvalue weighted by Crippen LogP contribution is 2.38. The van der Waals surface area contributed by atoms with Gasteiger partial charge in [-0.25, -0.2) is 4.31 Å². The number of rotatable bonds is 3. The van der Waals surface area contributed by atoms with Crippen LogP contribution in [0, 0.1) is 47.6 Å². The van der Waals surface area contributed by atoms with Crippen LogP contribution in [0.1, 0.15) is 33.4 Å². The predicted molar refractivity (Wildman–Crippen MR) is 93.8 cm³/mol. The number of nitrogens with zero attached hydrogens (tertiary/aromatic N) is 1. The number of hydrogen-bond acceptors (Lipinski definition) is 2. The summed E-state index contributed by atoms with van der Waals surface area (Å²) in [5, 5.41) is 0. The molecular formula is C18H22NO3S. The van der Waals surface area contributed by atoms with Gasteiger partial charge in [-0.2, -0.15) is 8.42 Å². The van der Waals surface area contributed by atoms with Gasteiger partial charge in [-0.15, -0.1) is 0 Å². The largest absolute Gasteiger partial charge is 0.364 e. The molecule has 0 fully saturated rings. The smallest absolute Gasteiger partial charge is 0.269 e. The molecule has 5 heteroatoms. The summed E-state index contributed by atoms with van der Waals surface area (Å²) in [4.78, 5) is 0. The Morgan fingerprint density at radius 3 is 1.91 bits per heavy atom. The van der Waals surface area contributed by atoms with Crippen LogP contribution in [-0.2, 0) is 10.3 Å². The summed E-state index contributed by atoms with van der Waals surface area (Å²) in [5.74, 6) is 0. The van der Waals surface area contributed by atoms with E-state index in [0.29, 0.717) is 11.4 Å². The van der Waals surface area contributed by atoms with Gasteiger partial charge >= 0.3 is 10.3 Å². The van der Waals surface area contributed by atoms with Crippen LogP contribution in [0.2, 0.25) is 0 Å². The minimum Gasteiger partial charge on any atom is -0.269 e. The van der Waals surface area contributed by atoms with Crippen molar-refractivity contribution < 1.29 is 13.0 Å². The van der Waals surface area contributed by atoms with Crippen molar-refractivity contribution in [3.8, 4) is 0 Å². The summed E-state index contributed by atoms with van der Waals surface area (Å²) >= 11 is 0. The average molecular weight is 332 g/mol. The molecule has 0 saturated heterocycles. The summed E-state index contributed by atoms with van der Waals surface area (Å²) in [7, 11) is -4.49. The standard InChI is InChI=1S/C18H22NO3S/c1-11-7-8-12(2)17(9-11)19(23(20,21)22)18-15(5)13(3)10-14(4)16(18)6/h7-8,10H,1-6H3,(H,20,21,22). The zero-order valence-electron chi connectivity index (χ0n) is 14.4. The van der Waals surface area contributed by atoms with Crippen LogP contribution in [0.4, 0.5) is 11.4 Å². The van der Waals surface area contributed by atoms with E-state index in [0.717, 1.165) is 37.7 Å². The van der Waals surface area contributed by atoms with Crippen molar-refractivity contribution in [3.63, 3.8) is 0 Å². The number of anilines is 2. The Bertz CT molecular complexity index is 844. The summed E-state index contributed by atoms with van der Waals surface area (Å²) in [6.45, 7) is 11.2. The number of benzene rings is 2. The maximum Gasteiger partial charge on any atom is 0.364 e. The first-order chi connectivity index (χ1) is 10.5. The second-order valence-electron chi connectivity index (χ2n) is 6.02. The Morgan fingerprint density at radius 1 is 0.913 bits per heavy atom. The molecule has 0 unspecified atom stereocenters. The molecule has 1 N–H and O–H groups in total. The lowest BCUT2D eigenvalue weighted by atomic mass is 9.98. The summed E-state index contributed by atoms with van der Waals surface area (Å²) < 4.78 is 35.3. The lowest BCUT2D eigenvalue weighted by Gasteiger charge is -2.28. The zero-order valence-corrected chi connectivity index (χ0v) is 15.2. The van der Waals surface area contributed by atoms with Crippen LogP contribution < -0.4 is 4.31 Å². The fourth-order valence-corrected chi connectivity index (χ4v) is 3.64. The Hall–Kier alpha value is -1.85. The van der Waals surface area contributed by atoms with Gasteiger partial charge < -0.3 is 0 Å². The van der Waals surface area contributed by atoms with Crippen LogP contribution in [0.25, 0.3) is 0 Å². The molecule has 4 nitrogen and oxygen atoms in total. The van der Waals surface area contributed by atoms with Gasteiger partial charge in [0.15, 0.2) is 0 Å². The first-order valence-electron chi connectivity index (χ1n) is 7.38. The fourth-order valence-electron chi connectivity index (χ4n) is 2.71. The number of hydrogen-bond donors (Lipinski definition) is 1. The molecule has 2 aromatic rings. The van der Waals surface area contributed by atoms with Crippen molar-refractivity contribution >= 4 is 21.7 Å². The molecule has 0 atom stereocenters. The highest BCUT2D eigenvalue weighted by atomic mass is 32.2. The van der Waals surface area contributed by atoms with Crippen molar-refractivity contribution in [2.24, 2.45) is 0 Å². The van der Waals surface area contributed by atoms with Gasteiger partial charge in [-0.1, -0.05) is 18.2 Å². The molecule has 0 bridgehead atoms. The Kier molecular flexibility index (Phi) is 4.55. The third kappa shape index (κ3) is 3.26. The van der Waals surface area contributed by atoms with Crippen molar-refractivity contribution in [1.82, 2.24) is 0 Å². The summed E-state index contributed by atoms with van der Waals surface area (Å²) in [5.41, 5.74) is 5.97. The molecular weight excluding hydrogens is 310 g/mol. The van der Waals surface area contributed by atoms with E-state index in [-0.39, 0.29) is 0 Å². The van der Waals surface area contributed by atoms with Gasteiger partial charge in [-0.3, -0.25) is 4.55 Å². The van der Waals surface area contributed by atoms with E-state index in [9.17, 15) is 13.0 Å². The first-order valence-corrected chi connectivity index (χ1v) is 8.78. The lowest BCUT2D eigenvalue weighted by molar-refractivity contribution is 0.483. The minimum absolute atomic E-state index is 0.351. The van der Waals surface area contributed by atoms with E-state index in [4.69, 9.17) is 0 Å². The van der Waals surface area contributed by atoms with Crippen molar-refractivity contribution in [2.75, 3.05) is 4.31 Å². The molecule has 0 aliphatic carbocycles. The van der Waals surface area contributed by atoms with Crippen LogP contribution in [-0.4, -0.2) is 13.0 Å². The Labute approximate surface area is 138 Å². The van der Waals surface area contributed by atoms with Crippen LogP contribution in [0.15, 0.2) is 18.2 Å². The van der Waals surface area contributed by atoms with Crippen LogP contribution in [0.3, 0.4) is 0 Å². The van der Waals surface area contributed by atoms with Gasteiger partial charge in [-0.05, 0) is 74.9 Å². The average Bonchev–Trinajstić information content (AvgIpc) is 2.43. The SMILES string of the molecule is Cc1[c]c(N(c2c(C)c(C)cc(C)c2C)S(=O)(=O)O)c(C)cc1. The van der Waals surface area contributed by atoms with Crippen molar-refractivity contribution in [1.29, 1.82) is 0 Å². The second-order valence-corrected chi connectivity index (χ2v) is 7.28.